The zero-order chi connectivity index (χ0) is 19.0. The largest absolute Gasteiger partial charge is 0.341 e. The molecular weight excluding hydrogens is 336 g/mol. The molecule has 5 nitrogen and oxygen atoms in total. The third-order valence-electron chi connectivity index (χ3n) is 6.08. The first kappa shape index (κ1) is 18.2. The van der Waals surface area contributed by atoms with E-state index >= 15 is 0 Å². The second-order valence-corrected chi connectivity index (χ2v) is 8.28. The van der Waals surface area contributed by atoms with Gasteiger partial charge in [-0.15, -0.1) is 0 Å². The normalized spacial score (nSPS) is 23.3. The van der Waals surface area contributed by atoms with Crippen LogP contribution in [0.2, 0.25) is 0 Å². The molecule has 3 heterocycles. The summed E-state index contributed by atoms with van der Waals surface area (Å²) in [6, 6.07) is 10.9. The molecule has 0 N–H and O–H groups in total. The van der Waals surface area contributed by atoms with Crippen molar-refractivity contribution in [3.8, 4) is 11.3 Å². The van der Waals surface area contributed by atoms with Gasteiger partial charge in [-0.05, 0) is 38.7 Å². The molecule has 1 fully saturated rings. The molecule has 1 amide bonds. The van der Waals surface area contributed by atoms with Crippen LogP contribution in [0.5, 0.6) is 0 Å². The zero-order valence-corrected chi connectivity index (χ0v) is 16.7. The Labute approximate surface area is 162 Å². The van der Waals surface area contributed by atoms with E-state index in [1.807, 2.05) is 0 Å². The Bertz CT molecular complexity index is 810. The first-order valence-corrected chi connectivity index (χ1v) is 10.2. The maximum absolute atomic E-state index is 12.8. The van der Waals surface area contributed by atoms with E-state index in [1.165, 1.54) is 17.7 Å². The van der Waals surface area contributed by atoms with Crippen molar-refractivity contribution in [1.82, 2.24) is 19.6 Å². The highest BCUT2D eigenvalue weighted by atomic mass is 16.2. The van der Waals surface area contributed by atoms with Gasteiger partial charge in [0.25, 0.3) is 0 Å². The maximum Gasteiger partial charge on any atom is 0.236 e. The highest BCUT2D eigenvalue weighted by Crippen LogP contribution is 2.29. The molecule has 2 unspecified atom stereocenters. The second-order valence-electron chi connectivity index (χ2n) is 8.28. The molecule has 2 aliphatic heterocycles. The molecule has 0 radical (unpaired) electrons. The van der Waals surface area contributed by atoms with Crippen LogP contribution in [0.3, 0.4) is 0 Å². The third kappa shape index (κ3) is 3.79. The summed E-state index contributed by atoms with van der Waals surface area (Å²) in [5.74, 6) is 0.903. The number of nitrogens with zero attached hydrogens (tertiary/aromatic N) is 4. The van der Waals surface area contributed by atoms with Crippen LogP contribution in [0.4, 0.5) is 0 Å². The van der Waals surface area contributed by atoms with E-state index in [4.69, 9.17) is 5.10 Å². The summed E-state index contributed by atoms with van der Waals surface area (Å²) >= 11 is 0. The molecule has 0 aliphatic carbocycles. The van der Waals surface area contributed by atoms with E-state index < -0.39 is 0 Å². The second kappa shape index (κ2) is 7.47. The van der Waals surface area contributed by atoms with Crippen molar-refractivity contribution >= 4 is 5.91 Å². The minimum atomic E-state index is 0.205. The van der Waals surface area contributed by atoms with Crippen molar-refractivity contribution in [2.24, 2.45) is 5.92 Å². The van der Waals surface area contributed by atoms with Crippen LogP contribution in [0.25, 0.3) is 11.3 Å². The lowest BCUT2D eigenvalue weighted by Gasteiger charge is -2.36. The fourth-order valence-corrected chi connectivity index (χ4v) is 4.32. The molecule has 27 heavy (non-hydrogen) atoms. The quantitative estimate of drug-likeness (QED) is 0.835. The van der Waals surface area contributed by atoms with Gasteiger partial charge in [0.15, 0.2) is 0 Å². The number of likely N-dealkylation sites (tertiary alicyclic amines) is 1. The van der Waals surface area contributed by atoms with Gasteiger partial charge in [-0.2, -0.15) is 5.10 Å². The van der Waals surface area contributed by atoms with Crippen LogP contribution in [0, 0.1) is 12.8 Å². The van der Waals surface area contributed by atoms with Crippen molar-refractivity contribution in [3.63, 3.8) is 0 Å². The molecule has 2 aromatic rings. The molecule has 0 saturated carbocycles. The fraction of sp³-hybridized carbons (Fsp3) is 0.545. The first-order valence-electron chi connectivity index (χ1n) is 10.2. The van der Waals surface area contributed by atoms with Gasteiger partial charge in [-0.25, -0.2) is 0 Å². The number of amides is 1. The van der Waals surface area contributed by atoms with Crippen LogP contribution >= 0.6 is 0 Å². The minimum Gasteiger partial charge on any atom is -0.341 e. The summed E-state index contributed by atoms with van der Waals surface area (Å²) in [6.07, 6.45) is 2.38. The van der Waals surface area contributed by atoms with Gasteiger partial charge in [0, 0.05) is 31.2 Å². The molecule has 1 aromatic heterocycles. The highest BCUT2D eigenvalue weighted by Gasteiger charge is 2.29. The van der Waals surface area contributed by atoms with Crippen LogP contribution < -0.4 is 0 Å². The van der Waals surface area contributed by atoms with Crippen LogP contribution in [0.1, 0.15) is 44.0 Å². The van der Waals surface area contributed by atoms with Gasteiger partial charge in [0.1, 0.15) is 0 Å². The maximum atomic E-state index is 12.8. The first-order chi connectivity index (χ1) is 13.0. The van der Waals surface area contributed by atoms with Gasteiger partial charge in [-0.3, -0.25) is 14.4 Å². The van der Waals surface area contributed by atoms with Gasteiger partial charge in [-0.1, -0.05) is 36.8 Å². The van der Waals surface area contributed by atoms with Gasteiger partial charge < -0.3 is 4.90 Å². The molecule has 144 valence electrons. The Balaban J connectivity index is 1.47. The molecule has 0 spiro atoms. The number of carbonyl (C=O) groups excluding carboxylic acids is 1. The predicted octanol–water partition coefficient (Wildman–Crippen LogP) is 3.49. The van der Waals surface area contributed by atoms with E-state index in [0.29, 0.717) is 12.5 Å². The lowest BCUT2D eigenvalue weighted by molar-refractivity contribution is -0.135. The zero-order valence-electron chi connectivity index (χ0n) is 16.7. The molecule has 0 bridgehead atoms. The van der Waals surface area contributed by atoms with Crippen molar-refractivity contribution in [3.05, 3.63) is 41.6 Å². The average molecular weight is 367 g/mol. The van der Waals surface area contributed by atoms with Crippen molar-refractivity contribution in [2.75, 3.05) is 26.2 Å². The number of aryl methyl sites for hydroxylation is 1. The van der Waals surface area contributed by atoms with Gasteiger partial charge in [0.05, 0.1) is 24.5 Å². The Morgan fingerprint density at radius 3 is 2.67 bits per heavy atom. The summed E-state index contributed by atoms with van der Waals surface area (Å²) in [7, 11) is 0. The van der Waals surface area contributed by atoms with E-state index in [2.05, 4.69) is 65.6 Å². The van der Waals surface area contributed by atoms with Crippen LogP contribution in [-0.4, -0.2) is 51.7 Å². The summed E-state index contributed by atoms with van der Waals surface area (Å²) in [6.45, 7) is 10.6. The minimum absolute atomic E-state index is 0.205. The smallest absolute Gasteiger partial charge is 0.236 e. The monoisotopic (exact) mass is 366 g/mol. The number of aromatic nitrogens is 2. The Morgan fingerprint density at radius 1 is 1.15 bits per heavy atom. The number of fused-ring (bicyclic) bond motifs is 1. The lowest BCUT2D eigenvalue weighted by atomic mass is 10.0. The molecule has 4 rings (SSSR count). The number of hydrogen-bond donors (Lipinski definition) is 0. The summed E-state index contributed by atoms with van der Waals surface area (Å²) in [4.78, 5) is 17.2. The van der Waals surface area contributed by atoms with Crippen molar-refractivity contribution in [2.45, 2.75) is 46.2 Å². The number of benzene rings is 1. The summed E-state index contributed by atoms with van der Waals surface area (Å²) in [5, 5.41) is 4.81. The Hall–Kier alpha value is -2.14. The molecule has 2 atom stereocenters. The van der Waals surface area contributed by atoms with Gasteiger partial charge in [0.2, 0.25) is 5.91 Å². The van der Waals surface area contributed by atoms with E-state index in [-0.39, 0.29) is 11.9 Å². The third-order valence-corrected chi connectivity index (χ3v) is 6.08. The average Bonchev–Trinajstić information content (AvgIpc) is 3.10. The standard InChI is InChI=1S/C22H30N4O/c1-16-6-8-19(9-7-16)20-13-21-18(3)24(11-12-26(21)23-20)15-22(27)25-10-4-5-17(2)14-25/h6-9,13,17-18H,4-5,10-12,14-15H2,1-3H3. The van der Waals surface area contributed by atoms with E-state index in [1.54, 1.807) is 0 Å². The molecule has 2 aliphatic rings. The predicted molar refractivity (Wildman–Crippen MR) is 107 cm³/mol. The van der Waals surface area contributed by atoms with Crippen molar-refractivity contribution in [1.29, 1.82) is 0 Å². The highest BCUT2D eigenvalue weighted by molar-refractivity contribution is 5.78. The molecule has 1 saturated heterocycles. The molecule has 5 heteroatoms. The molecular formula is C22H30N4O. The van der Waals surface area contributed by atoms with E-state index in [9.17, 15) is 4.79 Å². The number of carbonyl (C=O) groups is 1. The topological polar surface area (TPSA) is 41.4 Å². The SMILES string of the molecule is Cc1ccc(-c2cc3n(n2)CCN(CC(=O)N2CCCC(C)C2)C3C)cc1. The van der Waals surface area contributed by atoms with Crippen LogP contribution in [0.15, 0.2) is 30.3 Å². The Kier molecular flexibility index (Phi) is 5.04. The van der Waals surface area contributed by atoms with Gasteiger partial charge >= 0.3 is 0 Å². The molecule has 1 aromatic carbocycles. The number of hydrogen-bond acceptors (Lipinski definition) is 3. The number of rotatable bonds is 3. The summed E-state index contributed by atoms with van der Waals surface area (Å²) < 4.78 is 2.11. The van der Waals surface area contributed by atoms with E-state index in [0.717, 1.165) is 43.9 Å². The van der Waals surface area contributed by atoms with Crippen molar-refractivity contribution < 1.29 is 4.79 Å². The Morgan fingerprint density at radius 2 is 1.93 bits per heavy atom. The van der Waals surface area contributed by atoms with Crippen LogP contribution in [-0.2, 0) is 11.3 Å². The lowest BCUT2D eigenvalue weighted by Crippen LogP contribution is -2.47. The fourth-order valence-electron chi connectivity index (χ4n) is 4.32. The number of piperidine rings is 1. The summed E-state index contributed by atoms with van der Waals surface area (Å²) in [5.41, 5.74) is 4.64.